The van der Waals surface area contributed by atoms with E-state index in [1.54, 1.807) is 12.5 Å². The maximum absolute atomic E-state index is 5.53. The highest BCUT2D eigenvalue weighted by molar-refractivity contribution is 7.80. The monoisotopic (exact) mass is 312 g/mol. The second-order valence-electron chi connectivity index (χ2n) is 4.77. The molecule has 2 aromatic heterocycles. The largest absolute Gasteiger partial charge is 0.467 e. The number of furan rings is 2. The number of nitrogens with one attached hydrogen (secondary N) is 2. The minimum Gasteiger partial charge on any atom is -0.467 e. The van der Waals surface area contributed by atoms with Crippen LogP contribution < -0.4 is 10.6 Å². The van der Waals surface area contributed by atoms with E-state index < -0.39 is 0 Å². The van der Waals surface area contributed by atoms with E-state index in [0.29, 0.717) is 11.7 Å². The zero-order valence-electron chi connectivity index (χ0n) is 11.9. The van der Waals surface area contributed by atoms with Crippen molar-refractivity contribution in [2.45, 2.75) is 12.6 Å². The molecule has 0 unspecified atom stereocenters. The summed E-state index contributed by atoms with van der Waals surface area (Å²) in [4.78, 5) is 0. The van der Waals surface area contributed by atoms with E-state index in [-0.39, 0.29) is 6.04 Å². The first-order chi connectivity index (χ1) is 10.8. The van der Waals surface area contributed by atoms with Crippen molar-refractivity contribution in [3.05, 3.63) is 84.2 Å². The predicted molar refractivity (Wildman–Crippen MR) is 88.3 cm³/mol. The molecule has 5 heteroatoms. The third-order valence-electron chi connectivity index (χ3n) is 3.24. The Morgan fingerprint density at radius 1 is 0.955 bits per heavy atom. The Labute approximate surface area is 134 Å². The van der Waals surface area contributed by atoms with Crippen molar-refractivity contribution < 1.29 is 8.83 Å². The van der Waals surface area contributed by atoms with Gasteiger partial charge in [0.05, 0.1) is 19.1 Å². The molecule has 0 spiro atoms. The first kappa shape index (κ1) is 14.4. The molecule has 1 atom stereocenters. The SMILES string of the molecule is S=C(NCc1ccco1)N[C@H](c1ccccc1)c1ccco1. The molecule has 0 aliphatic heterocycles. The smallest absolute Gasteiger partial charge is 0.167 e. The number of thiocarbonyl (C=S) groups is 1. The van der Waals surface area contributed by atoms with Gasteiger partial charge in [-0.2, -0.15) is 0 Å². The van der Waals surface area contributed by atoms with Crippen LogP contribution in [0.4, 0.5) is 0 Å². The Kier molecular flexibility index (Phi) is 4.56. The Morgan fingerprint density at radius 3 is 2.41 bits per heavy atom. The van der Waals surface area contributed by atoms with Crippen molar-refractivity contribution in [1.82, 2.24) is 10.6 Å². The lowest BCUT2D eigenvalue weighted by Crippen LogP contribution is -2.37. The summed E-state index contributed by atoms with van der Waals surface area (Å²) in [5, 5.41) is 6.96. The van der Waals surface area contributed by atoms with Gasteiger partial charge in [0.2, 0.25) is 0 Å². The molecule has 2 heterocycles. The van der Waals surface area contributed by atoms with Crippen LogP contribution in [0, 0.1) is 0 Å². The first-order valence-electron chi connectivity index (χ1n) is 6.98. The third-order valence-corrected chi connectivity index (χ3v) is 3.50. The van der Waals surface area contributed by atoms with Crippen molar-refractivity contribution in [3.8, 4) is 0 Å². The zero-order chi connectivity index (χ0) is 15.2. The normalized spacial score (nSPS) is 11.8. The van der Waals surface area contributed by atoms with Gasteiger partial charge < -0.3 is 19.5 Å². The second kappa shape index (κ2) is 6.95. The maximum atomic E-state index is 5.53. The van der Waals surface area contributed by atoms with E-state index in [2.05, 4.69) is 10.6 Å². The fourth-order valence-corrected chi connectivity index (χ4v) is 2.37. The molecule has 0 bridgehead atoms. The fourth-order valence-electron chi connectivity index (χ4n) is 2.18. The molecule has 0 aliphatic carbocycles. The topological polar surface area (TPSA) is 50.3 Å². The molecule has 0 fully saturated rings. The van der Waals surface area contributed by atoms with Gasteiger partial charge in [0.1, 0.15) is 17.6 Å². The highest BCUT2D eigenvalue weighted by atomic mass is 32.1. The Bertz CT molecular complexity index is 694. The van der Waals surface area contributed by atoms with Crippen LogP contribution in [0.1, 0.15) is 23.1 Å². The van der Waals surface area contributed by atoms with E-state index in [4.69, 9.17) is 21.1 Å². The lowest BCUT2D eigenvalue weighted by Gasteiger charge is -2.19. The molecule has 3 aromatic rings. The summed E-state index contributed by atoms with van der Waals surface area (Å²) in [6, 6.07) is 17.5. The first-order valence-corrected chi connectivity index (χ1v) is 7.39. The van der Waals surface area contributed by atoms with Gasteiger partial charge in [0.25, 0.3) is 0 Å². The summed E-state index contributed by atoms with van der Waals surface area (Å²) >= 11 is 5.37. The van der Waals surface area contributed by atoms with E-state index in [9.17, 15) is 0 Å². The zero-order valence-corrected chi connectivity index (χ0v) is 12.7. The highest BCUT2D eigenvalue weighted by Crippen LogP contribution is 2.22. The van der Waals surface area contributed by atoms with Gasteiger partial charge in [0.15, 0.2) is 5.11 Å². The average Bonchev–Trinajstić information content (AvgIpc) is 3.25. The molecule has 112 valence electrons. The van der Waals surface area contributed by atoms with Crippen LogP contribution in [0.25, 0.3) is 0 Å². The molecule has 0 saturated carbocycles. The van der Waals surface area contributed by atoms with Crippen molar-refractivity contribution in [1.29, 1.82) is 0 Å². The molecule has 0 amide bonds. The molecule has 0 radical (unpaired) electrons. The lowest BCUT2D eigenvalue weighted by atomic mass is 10.1. The minimum atomic E-state index is -0.132. The van der Waals surface area contributed by atoms with Crippen LogP contribution in [-0.4, -0.2) is 5.11 Å². The van der Waals surface area contributed by atoms with Gasteiger partial charge in [-0.05, 0) is 42.0 Å². The predicted octanol–water partition coefficient (Wildman–Crippen LogP) is 3.63. The quantitative estimate of drug-likeness (QED) is 0.705. The van der Waals surface area contributed by atoms with E-state index in [0.717, 1.165) is 17.1 Å². The fraction of sp³-hybridized carbons (Fsp3) is 0.118. The molecule has 2 N–H and O–H groups in total. The van der Waals surface area contributed by atoms with Gasteiger partial charge in [0, 0.05) is 0 Å². The van der Waals surface area contributed by atoms with Crippen molar-refractivity contribution >= 4 is 17.3 Å². The number of benzene rings is 1. The highest BCUT2D eigenvalue weighted by Gasteiger charge is 2.17. The molecule has 1 aromatic carbocycles. The average molecular weight is 312 g/mol. The van der Waals surface area contributed by atoms with Crippen molar-refractivity contribution in [2.24, 2.45) is 0 Å². The van der Waals surface area contributed by atoms with Crippen LogP contribution >= 0.6 is 12.2 Å². The summed E-state index contributed by atoms with van der Waals surface area (Å²) < 4.78 is 10.8. The summed E-state index contributed by atoms with van der Waals surface area (Å²) in [5.74, 6) is 1.65. The van der Waals surface area contributed by atoms with E-state index in [1.165, 1.54) is 0 Å². The van der Waals surface area contributed by atoms with Crippen LogP contribution in [-0.2, 0) is 6.54 Å². The standard InChI is InChI=1S/C17H16N2O2S/c22-17(18-12-14-8-4-10-20-14)19-16(15-9-5-11-21-15)13-6-2-1-3-7-13/h1-11,16H,12H2,(H2,18,19,22)/t16-/m1/s1. The van der Waals surface area contributed by atoms with Crippen LogP contribution in [0.2, 0.25) is 0 Å². The maximum Gasteiger partial charge on any atom is 0.167 e. The summed E-state index contributed by atoms with van der Waals surface area (Å²) in [5.41, 5.74) is 1.08. The number of hydrogen-bond donors (Lipinski definition) is 2. The lowest BCUT2D eigenvalue weighted by molar-refractivity contribution is 0.472. The molecule has 0 aliphatic rings. The Hall–Kier alpha value is -2.53. The number of rotatable bonds is 5. The van der Waals surface area contributed by atoms with Crippen molar-refractivity contribution in [3.63, 3.8) is 0 Å². The van der Waals surface area contributed by atoms with E-state index >= 15 is 0 Å². The van der Waals surface area contributed by atoms with Gasteiger partial charge in [-0.3, -0.25) is 0 Å². The summed E-state index contributed by atoms with van der Waals surface area (Å²) in [7, 11) is 0. The Morgan fingerprint density at radius 2 is 1.73 bits per heavy atom. The van der Waals surface area contributed by atoms with Crippen LogP contribution in [0.15, 0.2) is 76.0 Å². The Balaban J connectivity index is 1.69. The third kappa shape index (κ3) is 3.56. The molecular weight excluding hydrogens is 296 g/mol. The van der Waals surface area contributed by atoms with Gasteiger partial charge in [-0.15, -0.1) is 0 Å². The molecular formula is C17H16N2O2S. The minimum absolute atomic E-state index is 0.132. The van der Waals surface area contributed by atoms with Gasteiger partial charge >= 0.3 is 0 Å². The molecule has 0 saturated heterocycles. The molecule has 3 rings (SSSR count). The second-order valence-corrected chi connectivity index (χ2v) is 5.17. The van der Waals surface area contributed by atoms with Crippen LogP contribution in [0.3, 0.4) is 0 Å². The number of hydrogen-bond acceptors (Lipinski definition) is 3. The van der Waals surface area contributed by atoms with Gasteiger partial charge in [-0.25, -0.2) is 0 Å². The molecule has 22 heavy (non-hydrogen) atoms. The van der Waals surface area contributed by atoms with Crippen LogP contribution in [0.5, 0.6) is 0 Å². The van der Waals surface area contributed by atoms with Crippen molar-refractivity contribution in [2.75, 3.05) is 0 Å². The summed E-state index contributed by atoms with van der Waals surface area (Å²) in [6.45, 7) is 0.540. The van der Waals surface area contributed by atoms with E-state index in [1.807, 2.05) is 54.6 Å². The van der Waals surface area contributed by atoms with Gasteiger partial charge in [-0.1, -0.05) is 30.3 Å². The summed E-state index contributed by atoms with van der Waals surface area (Å²) in [6.07, 6.45) is 3.30. The molecule has 4 nitrogen and oxygen atoms in total.